The molecule has 3 nitrogen and oxygen atoms in total. The molecule has 2 atom stereocenters. The van der Waals surface area contributed by atoms with Crippen molar-refractivity contribution >= 4 is 23.1 Å². The Morgan fingerprint density at radius 3 is 3.13 bits per heavy atom. The average Bonchev–Trinajstić information content (AvgIpc) is 2.80. The molecule has 0 saturated carbocycles. The monoisotopic (exact) mass is 243 g/mol. The number of hydrogen-bond donors (Lipinski definition) is 2. The molecule has 1 aromatic heterocycles. The highest BCUT2D eigenvalue weighted by Crippen LogP contribution is 2.29. The largest absolute Gasteiger partial charge is 0.271 e. The van der Waals surface area contributed by atoms with Gasteiger partial charge in [-0.05, 0) is 18.6 Å². The molecule has 5 heteroatoms. The van der Waals surface area contributed by atoms with Crippen molar-refractivity contribution < 1.29 is 0 Å². The first kappa shape index (κ1) is 11.4. The fourth-order valence-electron chi connectivity index (χ4n) is 1.94. The minimum Gasteiger partial charge on any atom is -0.271 e. The van der Waals surface area contributed by atoms with Crippen molar-refractivity contribution in [2.75, 3.05) is 5.75 Å². The van der Waals surface area contributed by atoms with E-state index in [2.05, 4.69) is 22.2 Å². The molecule has 1 saturated heterocycles. The third-order valence-electron chi connectivity index (χ3n) is 2.78. The van der Waals surface area contributed by atoms with Crippen LogP contribution in [0.25, 0.3) is 0 Å². The second kappa shape index (κ2) is 5.84. The van der Waals surface area contributed by atoms with E-state index >= 15 is 0 Å². The van der Waals surface area contributed by atoms with Gasteiger partial charge in [-0.25, -0.2) is 0 Å². The number of hydrogen-bond acceptors (Lipinski definition) is 5. The maximum atomic E-state index is 5.64. The van der Waals surface area contributed by atoms with E-state index in [1.54, 1.807) is 11.3 Å². The van der Waals surface area contributed by atoms with Crippen LogP contribution >= 0.6 is 23.1 Å². The smallest absolute Gasteiger partial charge is 0.0794 e. The Balaban J connectivity index is 1.91. The van der Waals surface area contributed by atoms with Gasteiger partial charge in [-0.15, -0.1) is 11.3 Å². The summed E-state index contributed by atoms with van der Waals surface area (Å²) in [4.78, 5) is 5.42. The molecule has 84 valence electrons. The Hall–Kier alpha value is -0.100. The van der Waals surface area contributed by atoms with Gasteiger partial charge in [0.1, 0.15) is 0 Å². The third-order valence-corrected chi connectivity index (χ3v) is 5.10. The van der Waals surface area contributed by atoms with E-state index in [9.17, 15) is 0 Å². The molecular formula is C10H17N3S2. The van der Waals surface area contributed by atoms with Crippen LogP contribution < -0.4 is 11.3 Å². The van der Waals surface area contributed by atoms with Gasteiger partial charge in [-0.1, -0.05) is 6.42 Å². The van der Waals surface area contributed by atoms with Crippen molar-refractivity contribution in [1.82, 2.24) is 10.4 Å². The van der Waals surface area contributed by atoms with Crippen LogP contribution in [-0.4, -0.2) is 22.0 Å². The molecule has 2 unspecified atom stereocenters. The van der Waals surface area contributed by atoms with Crippen LogP contribution in [0.4, 0.5) is 0 Å². The summed E-state index contributed by atoms with van der Waals surface area (Å²) in [5.74, 6) is 6.92. The molecule has 0 spiro atoms. The van der Waals surface area contributed by atoms with Gasteiger partial charge >= 0.3 is 0 Å². The average molecular weight is 243 g/mol. The molecule has 0 bridgehead atoms. The van der Waals surface area contributed by atoms with Gasteiger partial charge in [0, 0.05) is 28.8 Å². The lowest BCUT2D eigenvalue weighted by atomic mass is 10.0. The molecule has 0 radical (unpaired) electrons. The van der Waals surface area contributed by atoms with Crippen molar-refractivity contribution in [2.45, 2.75) is 37.0 Å². The lowest BCUT2D eigenvalue weighted by molar-refractivity contribution is 0.474. The Morgan fingerprint density at radius 1 is 1.60 bits per heavy atom. The second-order valence-corrected chi connectivity index (χ2v) is 6.17. The van der Waals surface area contributed by atoms with Gasteiger partial charge in [0.2, 0.25) is 0 Å². The van der Waals surface area contributed by atoms with Crippen LogP contribution in [0.1, 0.15) is 24.1 Å². The number of nitrogens with one attached hydrogen (secondary N) is 1. The predicted octanol–water partition coefficient (Wildman–Crippen LogP) is 1.80. The molecule has 2 heterocycles. The molecule has 0 aliphatic carbocycles. The topological polar surface area (TPSA) is 50.9 Å². The molecule has 1 aliphatic heterocycles. The summed E-state index contributed by atoms with van der Waals surface area (Å²) in [5.41, 5.74) is 4.85. The van der Waals surface area contributed by atoms with Crippen LogP contribution in [0.15, 0.2) is 11.7 Å². The minimum absolute atomic E-state index is 0.399. The zero-order valence-electron chi connectivity index (χ0n) is 8.69. The van der Waals surface area contributed by atoms with Crippen LogP contribution in [0, 0.1) is 0 Å². The van der Waals surface area contributed by atoms with Gasteiger partial charge in [-0.3, -0.25) is 16.3 Å². The first-order valence-electron chi connectivity index (χ1n) is 5.35. The third kappa shape index (κ3) is 3.17. The van der Waals surface area contributed by atoms with Crippen molar-refractivity contribution in [3.63, 3.8) is 0 Å². The summed E-state index contributed by atoms with van der Waals surface area (Å²) in [6, 6.07) is 0.399. The quantitative estimate of drug-likeness (QED) is 0.625. The van der Waals surface area contributed by atoms with Crippen LogP contribution in [-0.2, 0) is 6.42 Å². The Morgan fingerprint density at radius 2 is 2.53 bits per heavy atom. The molecule has 1 aliphatic rings. The number of thioether (sulfide) groups is 1. The van der Waals surface area contributed by atoms with Crippen molar-refractivity contribution in [3.05, 3.63) is 16.6 Å². The maximum Gasteiger partial charge on any atom is 0.0794 e. The number of nitrogens with zero attached hydrogens (tertiary/aromatic N) is 1. The van der Waals surface area contributed by atoms with Gasteiger partial charge < -0.3 is 0 Å². The predicted molar refractivity (Wildman–Crippen MR) is 67.0 cm³/mol. The highest BCUT2D eigenvalue weighted by molar-refractivity contribution is 8.00. The van der Waals surface area contributed by atoms with E-state index in [1.807, 2.05) is 11.7 Å². The van der Waals surface area contributed by atoms with Crippen LogP contribution in [0.2, 0.25) is 0 Å². The van der Waals surface area contributed by atoms with Gasteiger partial charge in [0.05, 0.1) is 5.51 Å². The number of aromatic nitrogens is 1. The lowest BCUT2D eigenvalue weighted by Gasteiger charge is -2.28. The fourth-order valence-corrected chi connectivity index (χ4v) is 4.01. The molecule has 1 fully saturated rings. The van der Waals surface area contributed by atoms with E-state index in [0.29, 0.717) is 11.3 Å². The molecular weight excluding hydrogens is 226 g/mol. The summed E-state index contributed by atoms with van der Waals surface area (Å²) in [6.07, 6.45) is 6.96. The van der Waals surface area contributed by atoms with Gasteiger partial charge in [-0.2, -0.15) is 11.8 Å². The minimum atomic E-state index is 0.399. The Kier molecular flexibility index (Phi) is 4.43. The first-order chi connectivity index (χ1) is 7.40. The summed E-state index contributed by atoms with van der Waals surface area (Å²) >= 11 is 3.77. The number of hydrazine groups is 1. The lowest BCUT2D eigenvalue weighted by Crippen LogP contribution is -2.44. The summed E-state index contributed by atoms with van der Waals surface area (Å²) < 4.78 is 0. The number of rotatable bonds is 4. The highest BCUT2D eigenvalue weighted by atomic mass is 32.2. The van der Waals surface area contributed by atoms with E-state index < -0.39 is 0 Å². The molecule has 0 aromatic carbocycles. The van der Waals surface area contributed by atoms with Crippen LogP contribution in [0.5, 0.6) is 0 Å². The second-order valence-electron chi connectivity index (χ2n) is 3.85. The summed E-state index contributed by atoms with van der Waals surface area (Å²) in [5, 5.41) is 0.672. The van der Waals surface area contributed by atoms with Crippen molar-refractivity contribution in [1.29, 1.82) is 0 Å². The maximum absolute atomic E-state index is 5.64. The summed E-state index contributed by atoms with van der Waals surface area (Å²) in [6.45, 7) is 0. The molecule has 2 rings (SSSR count). The number of thiazole rings is 1. The van der Waals surface area contributed by atoms with E-state index in [1.165, 1.54) is 29.9 Å². The fraction of sp³-hybridized carbons (Fsp3) is 0.700. The first-order valence-corrected chi connectivity index (χ1v) is 7.28. The normalized spacial score (nSPS) is 23.9. The van der Waals surface area contributed by atoms with E-state index in [4.69, 9.17) is 5.84 Å². The summed E-state index contributed by atoms with van der Waals surface area (Å²) in [7, 11) is 0. The number of nitrogens with two attached hydrogens (primary N) is 1. The Bertz CT molecular complexity index is 270. The van der Waals surface area contributed by atoms with Crippen molar-refractivity contribution in [3.8, 4) is 0 Å². The molecule has 0 amide bonds. The zero-order chi connectivity index (χ0) is 10.5. The molecule has 1 aromatic rings. The van der Waals surface area contributed by atoms with Crippen molar-refractivity contribution in [2.24, 2.45) is 5.84 Å². The Labute approximate surface area is 98.8 Å². The standard InChI is InChI=1S/C10H17N3S2/c11-13-9(5-8-6-12-7-15-8)10-3-1-2-4-14-10/h6-7,9-10,13H,1-5,11H2. The van der Waals surface area contributed by atoms with Gasteiger partial charge in [0.15, 0.2) is 0 Å². The van der Waals surface area contributed by atoms with Crippen LogP contribution in [0.3, 0.4) is 0 Å². The van der Waals surface area contributed by atoms with E-state index in [-0.39, 0.29) is 0 Å². The molecule has 3 N–H and O–H groups in total. The van der Waals surface area contributed by atoms with E-state index in [0.717, 1.165) is 6.42 Å². The van der Waals surface area contributed by atoms with Gasteiger partial charge in [0.25, 0.3) is 0 Å². The highest BCUT2D eigenvalue weighted by Gasteiger charge is 2.23. The molecule has 15 heavy (non-hydrogen) atoms. The SMILES string of the molecule is NNC(Cc1cncs1)C1CCCCS1. The zero-order valence-corrected chi connectivity index (χ0v) is 10.3.